The summed E-state index contributed by atoms with van der Waals surface area (Å²) in [5, 5.41) is 10.1. The van der Waals surface area contributed by atoms with E-state index >= 15 is 0 Å². The monoisotopic (exact) mass is 282 g/mol. The number of furan rings is 1. The Morgan fingerprint density at radius 2 is 2.21 bits per heavy atom. The van der Waals surface area contributed by atoms with Gasteiger partial charge in [-0.3, -0.25) is 24.6 Å². The first-order valence-corrected chi connectivity index (χ1v) is 6.34. The number of amides is 2. The van der Waals surface area contributed by atoms with Crippen LogP contribution >= 0.6 is 11.8 Å². The maximum atomic E-state index is 11.9. The van der Waals surface area contributed by atoms with Crippen molar-refractivity contribution in [2.45, 2.75) is 13.3 Å². The third kappa shape index (κ3) is 2.68. The predicted octanol–water partition coefficient (Wildman–Crippen LogP) is 2.63. The quantitative estimate of drug-likeness (QED) is 0.478. The van der Waals surface area contributed by atoms with E-state index in [0.717, 1.165) is 16.7 Å². The molecule has 0 radical (unpaired) electrons. The summed E-state index contributed by atoms with van der Waals surface area (Å²) in [7, 11) is 0. The van der Waals surface area contributed by atoms with E-state index in [1.807, 2.05) is 6.92 Å². The number of carbonyl (C=O) groups is 2. The fraction of sp³-hybridized carbons (Fsp3) is 0.273. The highest BCUT2D eigenvalue weighted by atomic mass is 32.2. The molecule has 2 amide bonds. The molecule has 0 saturated carbocycles. The van der Waals surface area contributed by atoms with Crippen molar-refractivity contribution in [3.05, 3.63) is 32.9 Å². The van der Waals surface area contributed by atoms with E-state index in [0.29, 0.717) is 13.0 Å². The summed E-state index contributed by atoms with van der Waals surface area (Å²) in [6, 6.07) is 2.58. The molecule has 2 rings (SSSR count). The van der Waals surface area contributed by atoms with E-state index < -0.39 is 16.7 Å². The Morgan fingerprint density at radius 1 is 1.47 bits per heavy atom. The largest absolute Gasteiger partial charge is 0.433 e. The van der Waals surface area contributed by atoms with Gasteiger partial charge in [-0.1, -0.05) is 6.92 Å². The van der Waals surface area contributed by atoms with Crippen LogP contribution in [0, 0.1) is 10.1 Å². The van der Waals surface area contributed by atoms with Gasteiger partial charge in [0.2, 0.25) is 0 Å². The number of nitro groups is 1. The van der Waals surface area contributed by atoms with Crippen LogP contribution in [0.4, 0.5) is 10.7 Å². The van der Waals surface area contributed by atoms with Crippen molar-refractivity contribution in [3.63, 3.8) is 0 Å². The van der Waals surface area contributed by atoms with Gasteiger partial charge in [0.25, 0.3) is 11.1 Å². The minimum atomic E-state index is -0.667. The zero-order valence-electron chi connectivity index (χ0n) is 9.99. The van der Waals surface area contributed by atoms with Gasteiger partial charge in [0.1, 0.15) is 10.7 Å². The number of hydrogen-bond donors (Lipinski definition) is 0. The minimum Gasteiger partial charge on any atom is -0.401 e. The van der Waals surface area contributed by atoms with Crippen molar-refractivity contribution in [1.82, 2.24) is 4.90 Å². The van der Waals surface area contributed by atoms with E-state index in [-0.39, 0.29) is 15.9 Å². The Bertz CT molecular complexity index is 577. The molecule has 1 aliphatic heterocycles. The second-order valence-corrected chi connectivity index (χ2v) is 4.76. The van der Waals surface area contributed by atoms with E-state index in [2.05, 4.69) is 0 Å². The molecule has 0 spiro atoms. The van der Waals surface area contributed by atoms with Gasteiger partial charge < -0.3 is 4.42 Å². The minimum absolute atomic E-state index is 0.175. The van der Waals surface area contributed by atoms with Crippen LogP contribution < -0.4 is 0 Å². The van der Waals surface area contributed by atoms with Gasteiger partial charge in [-0.15, -0.1) is 0 Å². The number of thioether (sulfide) groups is 1. The van der Waals surface area contributed by atoms with E-state index in [9.17, 15) is 19.7 Å². The number of hydrogen-bond acceptors (Lipinski definition) is 6. The molecule has 0 bridgehead atoms. The molecule has 1 aromatic rings. The highest BCUT2D eigenvalue weighted by molar-refractivity contribution is 8.18. The molecule has 19 heavy (non-hydrogen) atoms. The maximum Gasteiger partial charge on any atom is 0.433 e. The van der Waals surface area contributed by atoms with E-state index in [1.54, 1.807) is 0 Å². The molecular weight excluding hydrogens is 272 g/mol. The summed E-state index contributed by atoms with van der Waals surface area (Å²) in [6.07, 6.45) is 2.02. The van der Waals surface area contributed by atoms with E-state index in [4.69, 9.17) is 4.42 Å². The van der Waals surface area contributed by atoms with Crippen LogP contribution in [0.15, 0.2) is 21.5 Å². The molecule has 1 saturated heterocycles. The van der Waals surface area contributed by atoms with Crippen LogP contribution in [0.5, 0.6) is 0 Å². The second-order valence-electron chi connectivity index (χ2n) is 3.77. The Labute approximate surface area is 112 Å². The van der Waals surface area contributed by atoms with Crippen LogP contribution in [-0.2, 0) is 4.79 Å². The summed E-state index contributed by atoms with van der Waals surface area (Å²) < 4.78 is 4.91. The Hall–Kier alpha value is -2.09. The third-order valence-electron chi connectivity index (χ3n) is 2.39. The average Bonchev–Trinajstić information content (AvgIpc) is 2.91. The van der Waals surface area contributed by atoms with Crippen molar-refractivity contribution in [1.29, 1.82) is 0 Å². The van der Waals surface area contributed by atoms with Crippen molar-refractivity contribution in [2.75, 3.05) is 6.54 Å². The zero-order valence-corrected chi connectivity index (χ0v) is 10.8. The van der Waals surface area contributed by atoms with Gasteiger partial charge in [0.05, 0.1) is 11.0 Å². The summed E-state index contributed by atoms with van der Waals surface area (Å²) in [4.78, 5) is 34.6. The van der Waals surface area contributed by atoms with Crippen molar-refractivity contribution < 1.29 is 18.9 Å². The molecule has 0 N–H and O–H groups in total. The lowest BCUT2D eigenvalue weighted by atomic mass is 10.3. The van der Waals surface area contributed by atoms with Gasteiger partial charge >= 0.3 is 5.88 Å². The molecule has 0 aromatic carbocycles. The lowest BCUT2D eigenvalue weighted by molar-refractivity contribution is -0.402. The normalized spacial score (nSPS) is 17.5. The van der Waals surface area contributed by atoms with Gasteiger partial charge in [-0.2, -0.15) is 0 Å². The molecular formula is C11H10N2O5S. The molecule has 1 aliphatic rings. The zero-order chi connectivity index (χ0) is 14.0. The number of nitrogens with zero attached hydrogens (tertiary/aromatic N) is 2. The Morgan fingerprint density at radius 3 is 2.79 bits per heavy atom. The highest BCUT2D eigenvalue weighted by Crippen LogP contribution is 2.32. The van der Waals surface area contributed by atoms with E-state index in [1.165, 1.54) is 18.2 Å². The SMILES string of the molecule is CCCN1C(=O)S/C(=C/c2ccc([N+](=O)[O-])o2)C1=O. The van der Waals surface area contributed by atoms with Crippen LogP contribution in [0.25, 0.3) is 6.08 Å². The van der Waals surface area contributed by atoms with Crippen molar-refractivity contribution in [2.24, 2.45) is 0 Å². The predicted molar refractivity (Wildman–Crippen MR) is 68.3 cm³/mol. The van der Waals surface area contributed by atoms with Crippen LogP contribution in [0.1, 0.15) is 19.1 Å². The van der Waals surface area contributed by atoms with Crippen LogP contribution in [0.2, 0.25) is 0 Å². The lowest BCUT2D eigenvalue weighted by Crippen LogP contribution is -2.28. The standard InChI is InChI=1S/C11H10N2O5S/c1-2-5-12-10(14)8(19-11(12)15)6-7-3-4-9(18-7)13(16)17/h3-4,6H,2,5H2,1H3/b8-6+. The topological polar surface area (TPSA) is 93.7 Å². The first-order chi connectivity index (χ1) is 9.02. The van der Waals surface area contributed by atoms with Gasteiger partial charge in [-0.05, 0) is 24.2 Å². The Kier molecular flexibility index (Phi) is 3.70. The third-order valence-corrected chi connectivity index (χ3v) is 3.29. The Balaban J connectivity index is 2.22. The maximum absolute atomic E-state index is 11.9. The van der Waals surface area contributed by atoms with Crippen LogP contribution in [-0.4, -0.2) is 27.5 Å². The molecule has 0 unspecified atom stereocenters. The molecule has 0 aliphatic carbocycles. The summed E-state index contributed by atoms with van der Waals surface area (Å²) in [5.41, 5.74) is 0. The molecule has 2 heterocycles. The first-order valence-electron chi connectivity index (χ1n) is 5.52. The fourth-order valence-electron chi connectivity index (χ4n) is 1.56. The van der Waals surface area contributed by atoms with Crippen molar-refractivity contribution >= 4 is 34.9 Å². The molecule has 100 valence electrons. The number of carbonyl (C=O) groups excluding carboxylic acids is 2. The average molecular weight is 282 g/mol. The molecule has 1 fully saturated rings. The molecule has 8 heteroatoms. The summed E-state index contributed by atoms with van der Waals surface area (Å²) >= 11 is 0.803. The summed E-state index contributed by atoms with van der Waals surface area (Å²) in [6.45, 7) is 2.23. The number of rotatable bonds is 4. The van der Waals surface area contributed by atoms with Gasteiger partial charge in [0.15, 0.2) is 0 Å². The van der Waals surface area contributed by atoms with Crippen molar-refractivity contribution in [3.8, 4) is 0 Å². The molecule has 0 atom stereocenters. The summed E-state index contributed by atoms with van der Waals surface area (Å²) in [5.74, 6) is -0.622. The molecule has 1 aromatic heterocycles. The molecule has 7 nitrogen and oxygen atoms in total. The lowest BCUT2D eigenvalue weighted by Gasteiger charge is -2.09. The second kappa shape index (κ2) is 5.27. The first kappa shape index (κ1) is 13.3. The smallest absolute Gasteiger partial charge is 0.401 e. The number of imide groups is 1. The van der Waals surface area contributed by atoms with Crippen LogP contribution in [0.3, 0.4) is 0 Å². The fourth-order valence-corrected chi connectivity index (χ4v) is 2.41. The van der Waals surface area contributed by atoms with Gasteiger partial charge in [-0.25, -0.2) is 0 Å². The van der Waals surface area contributed by atoms with Gasteiger partial charge in [0, 0.05) is 12.6 Å². The highest BCUT2D eigenvalue weighted by Gasteiger charge is 2.34.